The lowest BCUT2D eigenvalue weighted by Gasteiger charge is -2.12. The zero-order chi connectivity index (χ0) is 16.2. The SMILES string of the molecule is NC(=O)CNC(=O)Nc1cc(C(F)(F)F)ccc1C(=O)O. The van der Waals surface area contributed by atoms with E-state index in [0.717, 1.165) is 6.07 Å². The van der Waals surface area contributed by atoms with Gasteiger partial charge < -0.3 is 21.5 Å². The van der Waals surface area contributed by atoms with Crippen LogP contribution in [-0.4, -0.2) is 29.6 Å². The van der Waals surface area contributed by atoms with Crippen LogP contribution in [0.25, 0.3) is 0 Å². The molecule has 0 spiro atoms. The van der Waals surface area contributed by atoms with Crippen LogP contribution < -0.4 is 16.4 Å². The maximum Gasteiger partial charge on any atom is 0.416 e. The van der Waals surface area contributed by atoms with Crippen molar-refractivity contribution in [1.29, 1.82) is 0 Å². The van der Waals surface area contributed by atoms with E-state index in [1.807, 2.05) is 10.6 Å². The van der Waals surface area contributed by atoms with Gasteiger partial charge in [-0.05, 0) is 18.2 Å². The third-order valence-corrected chi connectivity index (χ3v) is 2.25. The molecule has 1 aromatic rings. The van der Waals surface area contributed by atoms with Crippen LogP contribution in [0.4, 0.5) is 23.7 Å². The average Bonchev–Trinajstić information content (AvgIpc) is 2.34. The Hall–Kier alpha value is -2.78. The van der Waals surface area contributed by atoms with E-state index in [-0.39, 0.29) is 0 Å². The van der Waals surface area contributed by atoms with Gasteiger partial charge in [0, 0.05) is 0 Å². The number of alkyl halides is 3. The Morgan fingerprint density at radius 3 is 2.33 bits per heavy atom. The zero-order valence-corrected chi connectivity index (χ0v) is 10.3. The number of carboxylic acids is 1. The number of anilines is 1. The Bertz CT molecular complexity index is 587. The summed E-state index contributed by atoms with van der Waals surface area (Å²) in [5.41, 5.74) is 2.56. The molecule has 0 aliphatic heterocycles. The van der Waals surface area contributed by atoms with Gasteiger partial charge in [0.05, 0.1) is 23.4 Å². The van der Waals surface area contributed by atoms with Crippen molar-refractivity contribution in [1.82, 2.24) is 5.32 Å². The summed E-state index contributed by atoms with van der Waals surface area (Å²) in [6.07, 6.45) is -4.70. The molecule has 5 N–H and O–H groups in total. The second-order valence-electron chi connectivity index (χ2n) is 3.84. The van der Waals surface area contributed by atoms with Gasteiger partial charge in [0.1, 0.15) is 0 Å². The van der Waals surface area contributed by atoms with Crippen molar-refractivity contribution >= 4 is 23.6 Å². The second kappa shape index (κ2) is 6.11. The molecule has 0 aliphatic carbocycles. The number of carbonyl (C=O) groups excluding carboxylic acids is 2. The molecule has 0 atom stereocenters. The maximum atomic E-state index is 12.6. The van der Waals surface area contributed by atoms with Gasteiger partial charge in [-0.1, -0.05) is 0 Å². The van der Waals surface area contributed by atoms with E-state index >= 15 is 0 Å². The molecular formula is C11H10F3N3O4. The number of rotatable bonds is 4. The molecule has 10 heteroatoms. The molecule has 7 nitrogen and oxygen atoms in total. The van der Waals surface area contributed by atoms with Gasteiger partial charge in [-0.3, -0.25) is 4.79 Å². The summed E-state index contributed by atoms with van der Waals surface area (Å²) in [5, 5.41) is 12.7. The first-order valence-electron chi connectivity index (χ1n) is 5.39. The number of carbonyl (C=O) groups is 3. The van der Waals surface area contributed by atoms with Gasteiger partial charge in [-0.2, -0.15) is 13.2 Å². The third kappa shape index (κ3) is 4.67. The molecule has 0 saturated carbocycles. The van der Waals surface area contributed by atoms with E-state index < -0.39 is 47.4 Å². The van der Waals surface area contributed by atoms with Gasteiger partial charge in [-0.25, -0.2) is 9.59 Å². The summed E-state index contributed by atoms with van der Waals surface area (Å²) in [5.74, 6) is -2.39. The molecule has 0 heterocycles. The molecule has 0 aliphatic rings. The fraction of sp³-hybridized carbons (Fsp3) is 0.182. The van der Waals surface area contributed by atoms with Crippen molar-refractivity contribution in [3.05, 3.63) is 29.3 Å². The summed E-state index contributed by atoms with van der Waals surface area (Å²) in [4.78, 5) is 32.7. The Labute approximate surface area is 115 Å². The zero-order valence-electron chi connectivity index (χ0n) is 10.3. The highest BCUT2D eigenvalue weighted by atomic mass is 19.4. The number of nitrogens with one attached hydrogen (secondary N) is 2. The van der Waals surface area contributed by atoms with Crippen molar-refractivity contribution in [2.45, 2.75) is 6.18 Å². The number of primary amides is 1. The highest BCUT2D eigenvalue weighted by molar-refractivity contribution is 6.00. The molecule has 114 valence electrons. The van der Waals surface area contributed by atoms with Crippen LogP contribution in [0.5, 0.6) is 0 Å². The van der Waals surface area contributed by atoms with Crippen LogP contribution in [0, 0.1) is 0 Å². The number of amides is 3. The first kappa shape index (κ1) is 16.3. The molecule has 1 rings (SSSR count). The number of halogens is 3. The molecule has 0 bridgehead atoms. The van der Waals surface area contributed by atoms with Crippen LogP contribution in [0.1, 0.15) is 15.9 Å². The third-order valence-electron chi connectivity index (χ3n) is 2.25. The van der Waals surface area contributed by atoms with Gasteiger partial charge in [0.15, 0.2) is 0 Å². The minimum atomic E-state index is -4.70. The van der Waals surface area contributed by atoms with E-state index in [4.69, 9.17) is 10.8 Å². The molecule has 3 amide bonds. The van der Waals surface area contributed by atoms with E-state index in [1.54, 1.807) is 0 Å². The van der Waals surface area contributed by atoms with Crippen LogP contribution in [0.2, 0.25) is 0 Å². The second-order valence-corrected chi connectivity index (χ2v) is 3.84. The fourth-order valence-electron chi connectivity index (χ4n) is 1.34. The normalized spacial score (nSPS) is 10.8. The number of urea groups is 1. The first-order chi connectivity index (χ1) is 9.61. The van der Waals surface area contributed by atoms with Crippen molar-refractivity contribution in [2.75, 3.05) is 11.9 Å². The van der Waals surface area contributed by atoms with Crippen LogP contribution in [0.15, 0.2) is 18.2 Å². The molecule has 0 fully saturated rings. The van der Waals surface area contributed by atoms with Gasteiger partial charge in [0.25, 0.3) is 0 Å². The standard InChI is InChI=1S/C11H10F3N3O4/c12-11(13,14)5-1-2-6(9(19)20)7(3-5)17-10(21)16-4-8(15)18/h1-3H,4H2,(H2,15,18)(H,19,20)(H2,16,17,21). The Balaban J connectivity index is 3.04. The predicted octanol–water partition coefficient (Wildman–Crippen LogP) is 1.01. The lowest BCUT2D eigenvalue weighted by molar-refractivity contribution is -0.137. The summed E-state index contributed by atoms with van der Waals surface area (Å²) in [6, 6.07) is 0.716. The van der Waals surface area contributed by atoms with Crippen molar-refractivity contribution in [3.8, 4) is 0 Å². The van der Waals surface area contributed by atoms with Gasteiger partial charge >= 0.3 is 18.2 Å². The number of hydrogen-bond acceptors (Lipinski definition) is 3. The topological polar surface area (TPSA) is 122 Å². The molecule has 0 unspecified atom stereocenters. The summed E-state index contributed by atoms with van der Waals surface area (Å²) < 4.78 is 37.7. The summed E-state index contributed by atoms with van der Waals surface area (Å²) in [6.45, 7) is -0.548. The predicted molar refractivity (Wildman–Crippen MR) is 64.6 cm³/mol. The minimum absolute atomic E-state index is 0.479. The Kier molecular flexibility index (Phi) is 4.74. The van der Waals surface area contributed by atoms with E-state index in [0.29, 0.717) is 12.1 Å². The first-order valence-corrected chi connectivity index (χ1v) is 5.39. The largest absolute Gasteiger partial charge is 0.478 e. The quantitative estimate of drug-likeness (QED) is 0.663. The van der Waals surface area contributed by atoms with Gasteiger partial charge in [0.2, 0.25) is 5.91 Å². The molecule has 0 saturated heterocycles. The van der Waals surface area contributed by atoms with Crippen LogP contribution >= 0.6 is 0 Å². The lowest BCUT2D eigenvalue weighted by atomic mass is 10.1. The van der Waals surface area contributed by atoms with Crippen LogP contribution in [0.3, 0.4) is 0 Å². The molecule has 1 aromatic carbocycles. The number of carboxylic acid groups (broad SMARTS) is 1. The monoisotopic (exact) mass is 305 g/mol. The smallest absolute Gasteiger partial charge is 0.416 e. The molecule has 0 aromatic heterocycles. The number of nitrogens with two attached hydrogens (primary N) is 1. The number of hydrogen-bond donors (Lipinski definition) is 4. The molecular weight excluding hydrogens is 295 g/mol. The molecule has 21 heavy (non-hydrogen) atoms. The molecule has 0 radical (unpaired) electrons. The highest BCUT2D eigenvalue weighted by Gasteiger charge is 2.31. The van der Waals surface area contributed by atoms with Crippen LogP contribution in [-0.2, 0) is 11.0 Å². The highest BCUT2D eigenvalue weighted by Crippen LogP contribution is 2.32. The Morgan fingerprint density at radius 2 is 1.86 bits per heavy atom. The lowest BCUT2D eigenvalue weighted by Crippen LogP contribution is -2.36. The fourth-order valence-corrected chi connectivity index (χ4v) is 1.34. The summed E-state index contributed by atoms with van der Waals surface area (Å²) in [7, 11) is 0. The van der Waals surface area contributed by atoms with Crippen molar-refractivity contribution < 1.29 is 32.7 Å². The number of aromatic carboxylic acids is 1. The number of benzene rings is 1. The van der Waals surface area contributed by atoms with Gasteiger partial charge in [-0.15, -0.1) is 0 Å². The minimum Gasteiger partial charge on any atom is -0.478 e. The van der Waals surface area contributed by atoms with Crippen molar-refractivity contribution in [2.24, 2.45) is 5.73 Å². The van der Waals surface area contributed by atoms with E-state index in [2.05, 4.69) is 0 Å². The maximum absolute atomic E-state index is 12.6. The average molecular weight is 305 g/mol. The van der Waals surface area contributed by atoms with Crippen molar-refractivity contribution in [3.63, 3.8) is 0 Å². The Morgan fingerprint density at radius 1 is 1.24 bits per heavy atom. The van der Waals surface area contributed by atoms with E-state index in [1.165, 1.54) is 0 Å². The summed E-state index contributed by atoms with van der Waals surface area (Å²) >= 11 is 0. The van der Waals surface area contributed by atoms with E-state index in [9.17, 15) is 27.6 Å².